The van der Waals surface area contributed by atoms with Crippen LogP contribution in [-0.2, 0) is 20.2 Å². The molecule has 0 radical (unpaired) electrons. The normalized spacial score (nSPS) is 12.1. The van der Waals surface area contributed by atoms with Crippen molar-refractivity contribution in [2.24, 2.45) is 40.9 Å². The van der Waals surface area contributed by atoms with Gasteiger partial charge in [0.05, 0.1) is 58.4 Å². The predicted octanol–water partition coefficient (Wildman–Crippen LogP) is 6.13. The van der Waals surface area contributed by atoms with E-state index in [4.69, 9.17) is 15.2 Å². The molecule has 29 heteroatoms. The quantitative estimate of drug-likeness (QED) is 0.0168. The summed E-state index contributed by atoms with van der Waals surface area (Å²) in [5.41, 5.74) is 2.76. The number of carbonyl (C=O) groups excluding carboxylic acids is 1. The standard InChI is InChI=1S/C42H30N10O16S2.Na/c1-67-35-18-33(49-51-39-37(70(64,65)66)16-25-23(40(39)54)7-8-28(43)38(25)50-47-31-9-4-20(52(59)60)14-26(31)41(55)56)36(68-2)17-32(35)48-46-30-11-10-29(22-6-5-21(15-24(22)30)69(61,62)63)45-44-19-3-12-34(53)27(13-19)42(57)58;/h3-18,53-54H,43H2,1-2H3,(H,55,56)(H,57,58)(H,61,62,63)(H,64,65,66);/q;+1/p-1. The van der Waals surface area contributed by atoms with E-state index in [1.807, 2.05) is 0 Å². The van der Waals surface area contributed by atoms with Gasteiger partial charge in [-0.1, -0.05) is 6.07 Å². The summed E-state index contributed by atoms with van der Waals surface area (Å²) in [7, 11) is -7.51. The van der Waals surface area contributed by atoms with Gasteiger partial charge in [-0.3, -0.25) is 19.2 Å². The molecule has 0 spiro atoms. The van der Waals surface area contributed by atoms with Crippen LogP contribution in [0.15, 0.2) is 148 Å². The van der Waals surface area contributed by atoms with Gasteiger partial charge in [-0.05, 0) is 66.7 Å². The van der Waals surface area contributed by atoms with E-state index in [-0.39, 0.29) is 102 Å². The largest absolute Gasteiger partial charge is 1.00 e. The Morgan fingerprint density at radius 3 is 1.76 bits per heavy atom. The Kier molecular flexibility index (Phi) is 15.2. The number of anilines is 1. The van der Waals surface area contributed by atoms with Gasteiger partial charge in [-0.25, -0.2) is 4.79 Å². The number of phenolic OH excluding ortho intramolecular Hbond substituents is 1. The van der Waals surface area contributed by atoms with Crippen molar-refractivity contribution in [1.82, 2.24) is 0 Å². The van der Waals surface area contributed by atoms with E-state index in [0.717, 1.165) is 42.5 Å². The van der Waals surface area contributed by atoms with Crippen LogP contribution >= 0.6 is 0 Å². The van der Waals surface area contributed by atoms with Crippen LogP contribution in [0.3, 0.4) is 0 Å². The second-order valence-electron chi connectivity index (χ2n) is 14.2. The van der Waals surface area contributed by atoms with Gasteiger partial charge in [0.2, 0.25) is 0 Å². The number of nitrogen functional groups attached to an aromatic ring is 1. The third kappa shape index (κ3) is 11.1. The number of benzene rings is 7. The number of nitro groups is 1. The molecule has 0 aliphatic rings. The number of nitrogens with two attached hydrogens (primary N) is 1. The molecule has 0 aliphatic carbocycles. The maximum absolute atomic E-state index is 12.8. The molecule has 71 heavy (non-hydrogen) atoms. The van der Waals surface area contributed by atoms with Gasteiger partial charge in [0.25, 0.3) is 25.9 Å². The summed E-state index contributed by atoms with van der Waals surface area (Å²) in [6.07, 6.45) is 0. The monoisotopic (exact) mass is 1020 g/mol. The van der Waals surface area contributed by atoms with E-state index >= 15 is 0 Å². The molecule has 0 unspecified atom stereocenters. The first-order valence-corrected chi connectivity index (χ1v) is 22.1. The number of carboxylic acid groups (broad SMARTS) is 2. The number of fused-ring (bicyclic) bond motifs is 2. The zero-order chi connectivity index (χ0) is 50.8. The van der Waals surface area contributed by atoms with Gasteiger partial charge >= 0.3 is 35.5 Å². The van der Waals surface area contributed by atoms with Gasteiger partial charge < -0.3 is 40.4 Å². The molecule has 0 aliphatic heterocycles. The van der Waals surface area contributed by atoms with Crippen molar-refractivity contribution < 1.29 is 99.9 Å². The number of rotatable bonds is 15. The Morgan fingerprint density at radius 1 is 0.606 bits per heavy atom. The van der Waals surface area contributed by atoms with E-state index in [1.54, 1.807) is 0 Å². The maximum atomic E-state index is 12.8. The fourth-order valence-electron chi connectivity index (χ4n) is 6.55. The van der Waals surface area contributed by atoms with Crippen LogP contribution in [0, 0.1) is 10.1 Å². The smallest absolute Gasteiger partial charge is 0.545 e. The third-order valence-electron chi connectivity index (χ3n) is 9.91. The van der Waals surface area contributed by atoms with Crippen LogP contribution in [0.5, 0.6) is 23.0 Å². The van der Waals surface area contributed by atoms with Gasteiger partial charge in [-0.15, -0.1) is 35.8 Å². The molecule has 7 rings (SSSR count). The number of non-ortho nitro benzene ring substituents is 1. The van der Waals surface area contributed by atoms with E-state index < -0.39 is 86.6 Å². The molecule has 0 heterocycles. The molecule has 0 aromatic heterocycles. The Morgan fingerprint density at radius 2 is 1.17 bits per heavy atom. The summed E-state index contributed by atoms with van der Waals surface area (Å²) in [5.74, 6) is -4.73. The van der Waals surface area contributed by atoms with Crippen molar-refractivity contribution in [3.63, 3.8) is 0 Å². The van der Waals surface area contributed by atoms with Gasteiger partial charge in [0, 0.05) is 51.4 Å². The summed E-state index contributed by atoms with van der Waals surface area (Å²) >= 11 is 0. The van der Waals surface area contributed by atoms with E-state index in [1.165, 1.54) is 62.8 Å². The molecule has 0 saturated carbocycles. The average Bonchev–Trinajstić information content (AvgIpc) is 3.31. The van der Waals surface area contributed by atoms with Crippen molar-refractivity contribution in [3.8, 4) is 23.0 Å². The number of aromatic hydroxyl groups is 2. The Balaban J connectivity index is 0.00000825. The minimum atomic E-state index is -5.25. The summed E-state index contributed by atoms with van der Waals surface area (Å²) < 4.78 is 80.9. The van der Waals surface area contributed by atoms with Gasteiger partial charge in [-0.2, -0.15) is 21.9 Å². The first kappa shape index (κ1) is 52.0. The van der Waals surface area contributed by atoms with Crippen molar-refractivity contribution in [2.75, 3.05) is 20.0 Å². The Labute approximate surface area is 420 Å². The van der Waals surface area contributed by atoms with Gasteiger partial charge in [0.1, 0.15) is 50.5 Å². The predicted molar refractivity (Wildman–Crippen MR) is 242 cm³/mol. The second-order valence-corrected chi connectivity index (χ2v) is 17.0. The van der Waals surface area contributed by atoms with Crippen molar-refractivity contribution in [1.29, 1.82) is 0 Å². The number of phenols is 2. The Hall–Kier alpha value is -8.38. The molecular weight excluding hydrogens is 988 g/mol. The third-order valence-corrected chi connectivity index (χ3v) is 11.6. The molecule has 7 aromatic carbocycles. The first-order valence-electron chi connectivity index (χ1n) is 19.2. The molecule has 0 saturated heterocycles. The van der Waals surface area contributed by atoms with Crippen LogP contribution in [0.25, 0.3) is 21.5 Å². The van der Waals surface area contributed by atoms with Gasteiger partial charge in [0.15, 0.2) is 5.75 Å². The van der Waals surface area contributed by atoms with Crippen molar-refractivity contribution in [2.45, 2.75) is 9.79 Å². The summed E-state index contributed by atoms with van der Waals surface area (Å²) in [5, 5.41) is 86.0. The fraction of sp³-hybridized carbons (Fsp3) is 0.0476. The van der Waals surface area contributed by atoms with Crippen molar-refractivity contribution >= 4 is 111 Å². The number of hydrogen-bond acceptors (Lipinski definition) is 22. The number of ether oxygens (including phenoxy) is 2. The topological polar surface area (TPSA) is 413 Å². The molecule has 0 amide bonds. The van der Waals surface area contributed by atoms with Crippen LogP contribution < -0.4 is 49.9 Å². The number of hydrogen-bond donors (Lipinski definition) is 6. The zero-order valence-electron chi connectivity index (χ0n) is 36.4. The molecule has 7 N–H and O–H groups in total. The van der Waals surface area contributed by atoms with Crippen molar-refractivity contribution in [3.05, 3.63) is 118 Å². The number of carbonyl (C=O) groups is 2. The number of aromatic carboxylic acids is 2. The molecule has 0 bridgehead atoms. The first-order chi connectivity index (χ1) is 33.1. The molecular formula is C42H29N10NaO16S2. The zero-order valence-corrected chi connectivity index (χ0v) is 40.0. The molecule has 356 valence electrons. The molecule has 0 fully saturated rings. The molecule has 26 nitrogen and oxygen atoms in total. The maximum Gasteiger partial charge on any atom is 1.00 e. The van der Waals surface area contributed by atoms with E-state index in [0.29, 0.717) is 6.07 Å². The summed E-state index contributed by atoms with van der Waals surface area (Å²) in [4.78, 5) is 32.1. The second kappa shape index (κ2) is 20.7. The molecule has 0 atom stereocenters. The van der Waals surface area contributed by atoms with E-state index in [2.05, 4.69) is 40.9 Å². The number of azo groups is 4. The van der Waals surface area contributed by atoms with Crippen LogP contribution in [0.1, 0.15) is 20.7 Å². The average molecular weight is 1020 g/mol. The summed E-state index contributed by atoms with van der Waals surface area (Å²) in [6.45, 7) is 0. The van der Waals surface area contributed by atoms with Crippen LogP contribution in [-0.4, -0.2) is 72.3 Å². The minimum absolute atomic E-state index is 0. The fourth-order valence-corrected chi connectivity index (χ4v) is 7.71. The SMILES string of the molecule is COc1cc(N=Nc2ccc(N=Nc3ccc(O)c(C(=O)O)c3)c3ccc(S(=O)(=O)O)cc23)c(OC)cc1N=Nc1c(S(=O)(=O)O)cc2c(N=Nc3ccc([N+](=O)[O-])cc3C(=O)[O-])c(N)ccc2c1O.[Na+]. The van der Waals surface area contributed by atoms with Crippen LogP contribution in [0.4, 0.5) is 56.9 Å². The van der Waals surface area contributed by atoms with E-state index in [9.17, 15) is 66.1 Å². The molecule has 7 aromatic rings. The minimum Gasteiger partial charge on any atom is -0.545 e. The Bertz CT molecular complexity index is 3740. The summed E-state index contributed by atoms with van der Waals surface area (Å²) in [6, 6.07) is 18.3. The number of carboxylic acids is 2. The number of nitrogens with zero attached hydrogens (tertiary/aromatic N) is 9. The van der Waals surface area contributed by atoms with Crippen LogP contribution in [0.2, 0.25) is 0 Å². The number of methoxy groups -OCH3 is 2. The number of nitro benzene ring substituents is 1.